The molecule has 5 heteroatoms. The molecule has 27 heavy (non-hydrogen) atoms. The summed E-state index contributed by atoms with van der Waals surface area (Å²) >= 11 is 0. The summed E-state index contributed by atoms with van der Waals surface area (Å²) in [6.45, 7) is 6.59. The first-order valence-electron chi connectivity index (χ1n) is 10.7. The molecule has 0 atom stereocenters. The lowest BCUT2D eigenvalue weighted by Crippen LogP contribution is -2.46. The third-order valence-electron chi connectivity index (χ3n) is 6.45. The smallest absolute Gasteiger partial charge is 0.261 e. The minimum absolute atomic E-state index is 0.127. The van der Waals surface area contributed by atoms with Crippen LogP contribution < -0.4 is 0 Å². The molecule has 0 spiro atoms. The zero-order valence-corrected chi connectivity index (χ0v) is 16.2. The van der Waals surface area contributed by atoms with Gasteiger partial charge in [0.15, 0.2) is 0 Å². The fourth-order valence-electron chi connectivity index (χ4n) is 4.84. The lowest BCUT2D eigenvalue weighted by Gasteiger charge is -2.40. The quantitative estimate of drug-likeness (QED) is 0.571. The first kappa shape index (κ1) is 18.6. The maximum atomic E-state index is 12.4. The average Bonchev–Trinajstić information content (AvgIpc) is 2.97. The van der Waals surface area contributed by atoms with Crippen molar-refractivity contribution in [3.8, 4) is 0 Å². The monoisotopic (exact) mass is 369 g/mol. The number of hydrogen-bond acceptors (Lipinski definition) is 4. The number of piperidine rings is 2. The van der Waals surface area contributed by atoms with Gasteiger partial charge in [-0.2, -0.15) is 0 Å². The van der Waals surface area contributed by atoms with Crippen LogP contribution in [0.25, 0.3) is 0 Å². The Morgan fingerprint density at radius 1 is 0.778 bits per heavy atom. The Kier molecular flexibility index (Phi) is 5.89. The Bertz CT molecular complexity index is 641. The van der Waals surface area contributed by atoms with E-state index < -0.39 is 0 Å². The third kappa shape index (κ3) is 4.09. The molecule has 2 saturated heterocycles. The van der Waals surface area contributed by atoms with Crippen molar-refractivity contribution in [3.05, 3.63) is 35.4 Å². The SMILES string of the molecule is O=C1c2ccccc2C(=O)N1CCCCN1CCC(N2CCCCC2)CC1. The Balaban J connectivity index is 1.16. The highest BCUT2D eigenvalue weighted by molar-refractivity contribution is 6.21. The summed E-state index contributed by atoms with van der Waals surface area (Å²) in [5.41, 5.74) is 1.12. The fourth-order valence-corrected chi connectivity index (χ4v) is 4.84. The number of benzene rings is 1. The van der Waals surface area contributed by atoms with Gasteiger partial charge < -0.3 is 9.80 Å². The molecule has 2 amide bonds. The number of fused-ring (bicyclic) bond motifs is 1. The van der Waals surface area contributed by atoms with Crippen LogP contribution in [0.15, 0.2) is 24.3 Å². The van der Waals surface area contributed by atoms with Gasteiger partial charge in [0.2, 0.25) is 0 Å². The molecule has 4 rings (SSSR count). The van der Waals surface area contributed by atoms with E-state index in [0.717, 1.165) is 25.4 Å². The maximum absolute atomic E-state index is 12.4. The molecule has 0 saturated carbocycles. The van der Waals surface area contributed by atoms with Crippen LogP contribution in [0.5, 0.6) is 0 Å². The average molecular weight is 370 g/mol. The molecule has 0 aliphatic carbocycles. The van der Waals surface area contributed by atoms with Gasteiger partial charge >= 0.3 is 0 Å². The van der Waals surface area contributed by atoms with Crippen molar-refractivity contribution in [1.29, 1.82) is 0 Å². The molecule has 0 radical (unpaired) electrons. The van der Waals surface area contributed by atoms with Crippen molar-refractivity contribution in [2.24, 2.45) is 0 Å². The van der Waals surface area contributed by atoms with Crippen molar-refractivity contribution in [1.82, 2.24) is 14.7 Å². The molecule has 0 bridgehead atoms. The van der Waals surface area contributed by atoms with E-state index in [-0.39, 0.29) is 11.8 Å². The highest BCUT2D eigenvalue weighted by Crippen LogP contribution is 2.23. The van der Waals surface area contributed by atoms with E-state index in [2.05, 4.69) is 9.80 Å². The second-order valence-corrected chi connectivity index (χ2v) is 8.18. The highest BCUT2D eigenvalue weighted by atomic mass is 16.2. The summed E-state index contributed by atoms with van der Waals surface area (Å²) < 4.78 is 0. The van der Waals surface area contributed by atoms with E-state index in [9.17, 15) is 9.59 Å². The lowest BCUT2D eigenvalue weighted by molar-refractivity contribution is 0.0646. The predicted octanol–water partition coefficient (Wildman–Crippen LogP) is 3.01. The van der Waals surface area contributed by atoms with E-state index in [1.54, 1.807) is 12.1 Å². The molecule has 0 unspecified atom stereocenters. The third-order valence-corrected chi connectivity index (χ3v) is 6.45. The molecule has 2 fully saturated rings. The molecule has 3 aliphatic rings. The maximum Gasteiger partial charge on any atom is 0.261 e. The molecular formula is C22H31N3O2. The van der Waals surface area contributed by atoms with Crippen LogP contribution in [0.2, 0.25) is 0 Å². The number of carbonyl (C=O) groups excluding carboxylic acids is 2. The lowest BCUT2D eigenvalue weighted by atomic mass is 10.00. The summed E-state index contributed by atoms with van der Waals surface area (Å²) in [6, 6.07) is 7.94. The van der Waals surface area contributed by atoms with Crippen molar-refractivity contribution in [2.45, 2.75) is 51.0 Å². The standard InChI is InChI=1S/C22H31N3O2/c26-21-19-8-2-3-9-20(19)22(27)25(21)15-7-6-12-23-16-10-18(11-17-23)24-13-4-1-5-14-24/h2-3,8-9,18H,1,4-7,10-17H2. The van der Waals surface area contributed by atoms with Crippen LogP contribution in [0.1, 0.15) is 65.7 Å². The number of carbonyl (C=O) groups is 2. The Morgan fingerprint density at radius 3 is 2.00 bits per heavy atom. The molecule has 3 aliphatic heterocycles. The first-order chi connectivity index (χ1) is 13.2. The van der Waals surface area contributed by atoms with E-state index >= 15 is 0 Å². The molecule has 0 N–H and O–H groups in total. The van der Waals surface area contributed by atoms with Gasteiger partial charge in [0.1, 0.15) is 0 Å². The zero-order valence-electron chi connectivity index (χ0n) is 16.2. The van der Waals surface area contributed by atoms with E-state index in [1.165, 1.54) is 63.2 Å². The van der Waals surface area contributed by atoms with Gasteiger partial charge in [0.05, 0.1) is 11.1 Å². The summed E-state index contributed by atoms with van der Waals surface area (Å²) in [6.07, 6.45) is 8.66. The minimum atomic E-state index is -0.127. The Labute approximate surface area is 162 Å². The first-order valence-corrected chi connectivity index (χ1v) is 10.7. The molecule has 146 valence electrons. The zero-order chi connectivity index (χ0) is 18.6. The molecule has 1 aromatic carbocycles. The van der Waals surface area contributed by atoms with Crippen LogP contribution in [-0.4, -0.2) is 71.8 Å². The van der Waals surface area contributed by atoms with Gasteiger partial charge in [-0.05, 0) is 83.4 Å². The molecule has 0 aromatic heterocycles. The Hall–Kier alpha value is -1.72. The van der Waals surface area contributed by atoms with Crippen LogP contribution in [-0.2, 0) is 0 Å². The second-order valence-electron chi connectivity index (χ2n) is 8.18. The predicted molar refractivity (Wildman–Crippen MR) is 106 cm³/mol. The van der Waals surface area contributed by atoms with E-state index in [4.69, 9.17) is 0 Å². The number of likely N-dealkylation sites (tertiary alicyclic amines) is 2. The van der Waals surface area contributed by atoms with Gasteiger partial charge in [0.25, 0.3) is 11.8 Å². The van der Waals surface area contributed by atoms with Crippen LogP contribution in [0, 0.1) is 0 Å². The summed E-state index contributed by atoms with van der Waals surface area (Å²) in [7, 11) is 0. The van der Waals surface area contributed by atoms with Crippen LogP contribution in [0.4, 0.5) is 0 Å². The summed E-state index contributed by atoms with van der Waals surface area (Å²) in [5.74, 6) is -0.254. The van der Waals surface area contributed by atoms with Gasteiger partial charge in [-0.3, -0.25) is 14.5 Å². The number of hydrogen-bond donors (Lipinski definition) is 0. The molecule has 3 heterocycles. The largest absolute Gasteiger partial charge is 0.303 e. The van der Waals surface area contributed by atoms with Gasteiger partial charge in [0, 0.05) is 12.6 Å². The van der Waals surface area contributed by atoms with Crippen molar-refractivity contribution < 1.29 is 9.59 Å². The minimum Gasteiger partial charge on any atom is -0.303 e. The number of nitrogens with zero attached hydrogens (tertiary/aromatic N) is 3. The van der Waals surface area contributed by atoms with Crippen LogP contribution in [0.3, 0.4) is 0 Å². The summed E-state index contributed by atoms with van der Waals surface area (Å²) in [5, 5.41) is 0. The Morgan fingerprint density at radius 2 is 1.37 bits per heavy atom. The van der Waals surface area contributed by atoms with Crippen molar-refractivity contribution >= 4 is 11.8 Å². The molecule has 1 aromatic rings. The number of rotatable bonds is 6. The van der Waals surface area contributed by atoms with Crippen LogP contribution >= 0.6 is 0 Å². The van der Waals surface area contributed by atoms with Crippen molar-refractivity contribution in [3.63, 3.8) is 0 Å². The van der Waals surface area contributed by atoms with Gasteiger partial charge in [-0.1, -0.05) is 18.6 Å². The second kappa shape index (κ2) is 8.53. The fraction of sp³-hybridized carbons (Fsp3) is 0.636. The molecular weight excluding hydrogens is 338 g/mol. The number of imide groups is 1. The number of unbranched alkanes of at least 4 members (excludes halogenated alkanes) is 1. The highest BCUT2D eigenvalue weighted by Gasteiger charge is 2.34. The summed E-state index contributed by atoms with van der Waals surface area (Å²) in [4.78, 5) is 31.5. The number of amides is 2. The van der Waals surface area contributed by atoms with E-state index in [0.29, 0.717) is 17.7 Å². The van der Waals surface area contributed by atoms with Gasteiger partial charge in [-0.15, -0.1) is 0 Å². The normalized spacial score (nSPS) is 22.4. The van der Waals surface area contributed by atoms with Gasteiger partial charge in [-0.25, -0.2) is 0 Å². The molecule has 5 nitrogen and oxygen atoms in total. The topological polar surface area (TPSA) is 43.9 Å². The van der Waals surface area contributed by atoms with Crippen molar-refractivity contribution in [2.75, 3.05) is 39.3 Å². The van der Waals surface area contributed by atoms with E-state index in [1.807, 2.05) is 12.1 Å².